The molecule has 0 aliphatic carbocycles. The normalized spacial score (nSPS) is 11.3. The Bertz CT molecular complexity index is 939. The number of hydrogen-bond acceptors (Lipinski definition) is 6. The Balaban J connectivity index is 1.81. The summed E-state index contributed by atoms with van der Waals surface area (Å²) < 4.78 is 6.35. The monoisotopic (exact) mass is 397 g/mol. The lowest BCUT2D eigenvalue weighted by Crippen LogP contribution is -2.34. The summed E-state index contributed by atoms with van der Waals surface area (Å²) in [4.78, 5) is 17.0. The van der Waals surface area contributed by atoms with E-state index in [0.717, 1.165) is 11.3 Å². The van der Waals surface area contributed by atoms with Crippen LogP contribution in [0.2, 0.25) is 0 Å². The van der Waals surface area contributed by atoms with Gasteiger partial charge < -0.3 is 14.6 Å². The Kier molecular flexibility index (Phi) is 5.99. The van der Waals surface area contributed by atoms with Gasteiger partial charge in [0.15, 0.2) is 11.0 Å². The molecule has 7 nitrogen and oxygen atoms in total. The molecule has 0 unspecified atom stereocenters. The van der Waals surface area contributed by atoms with Crippen molar-refractivity contribution in [1.82, 2.24) is 19.7 Å². The molecule has 3 rings (SSSR count). The Labute approximate surface area is 168 Å². The molecule has 3 aromatic rings. The molecule has 0 spiro atoms. The van der Waals surface area contributed by atoms with E-state index in [4.69, 9.17) is 4.74 Å². The van der Waals surface area contributed by atoms with Gasteiger partial charge in [-0.25, -0.2) is 4.98 Å². The van der Waals surface area contributed by atoms with Gasteiger partial charge >= 0.3 is 0 Å². The molecular weight excluding hydrogens is 374 g/mol. The fourth-order valence-electron chi connectivity index (χ4n) is 2.57. The van der Waals surface area contributed by atoms with Crippen molar-refractivity contribution in [1.29, 1.82) is 0 Å². The Hall–Kier alpha value is -2.87. The molecule has 2 heterocycles. The first-order valence-corrected chi connectivity index (χ1v) is 9.75. The third-order valence-corrected chi connectivity index (χ3v) is 5.34. The summed E-state index contributed by atoms with van der Waals surface area (Å²) in [5.74, 6) is 1.15. The van der Waals surface area contributed by atoms with Crippen molar-refractivity contribution >= 4 is 23.4 Å². The summed E-state index contributed by atoms with van der Waals surface area (Å²) in [6.45, 7) is 6.44. The van der Waals surface area contributed by atoms with Gasteiger partial charge in [0, 0.05) is 30.1 Å². The van der Waals surface area contributed by atoms with Crippen LogP contribution in [0.1, 0.15) is 20.8 Å². The minimum atomic E-state index is -0.731. The third-order valence-electron chi connectivity index (χ3n) is 4.16. The zero-order valence-corrected chi connectivity index (χ0v) is 17.2. The summed E-state index contributed by atoms with van der Waals surface area (Å²) in [5.41, 5.74) is 1.61. The van der Waals surface area contributed by atoms with E-state index in [-0.39, 0.29) is 5.91 Å². The van der Waals surface area contributed by atoms with Gasteiger partial charge in [-0.2, -0.15) is 0 Å². The first-order valence-electron chi connectivity index (χ1n) is 8.93. The van der Waals surface area contributed by atoms with Crippen LogP contribution in [0.4, 0.5) is 5.69 Å². The molecule has 0 saturated carbocycles. The fraction of sp³-hybridized carbons (Fsp3) is 0.300. The number of carbonyl (C=O) groups is 1. The average molecular weight is 398 g/mol. The number of methoxy groups -OCH3 is 1. The van der Waals surface area contributed by atoms with E-state index < -0.39 is 4.75 Å². The number of nitrogens with one attached hydrogen (secondary N) is 1. The molecule has 0 bridgehead atoms. The summed E-state index contributed by atoms with van der Waals surface area (Å²) in [5, 5.41) is 12.3. The minimum Gasteiger partial charge on any atom is -0.481 e. The first kappa shape index (κ1) is 19.9. The highest BCUT2D eigenvalue weighted by Gasteiger charge is 2.32. The van der Waals surface area contributed by atoms with Crippen molar-refractivity contribution in [2.45, 2.75) is 37.2 Å². The van der Waals surface area contributed by atoms with Gasteiger partial charge in [0.25, 0.3) is 0 Å². The van der Waals surface area contributed by atoms with Crippen LogP contribution < -0.4 is 10.1 Å². The predicted molar refractivity (Wildman–Crippen MR) is 110 cm³/mol. The standard InChI is InChI=1S/C20H23N5O2S/c1-5-25-17(14-11-12-16(27-4)21-13-14)23-24-19(25)28-20(2,3)18(26)22-15-9-7-6-8-10-15/h6-13H,5H2,1-4H3,(H,22,26). The predicted octanol–water partition coefficient (Wildman–Crippen LogP) is 3.88. The van der Waals surface area contributed by atoms with E-state index in [1.54, 1.807) is 19.4 Å². The van der Waals surface area contributed by atoms with Gasteiger partial charge in [-0.15, -0.1) is 10.2 Å². The number of para-hydroxylation sites is 1. The molecule has 0 aliphatic heterocycles. The molecular formula is C20H23N5O2S. The SMILES string of the molecule is CCn1c(SC(C)(C)C(=O)Nc2ccccc2)nnc1-c1ccc(OC)nc1. The molecule has 146 valence electrons. The number of anilines is 1. The number of ether oxygens (including phenoxy) is 1. The van der Waals surface area contributed by atoms with Crippen molar-refractivity contribution in [2.24, 2.45) is 0 Å². The summed E-state index contributed by atoms with van der Waals surface area (Å²) in [6, 6.07) is 13.1. The van der Waals surface area contributed by atoms with Crippen molar-refractivity contribution in [3.63, 3.8) is 0 Å². The molecule has 0 fully saturated rings. The number of carbonyl (C=O) groups excluding carboxylic acids is 1. The second-order valence-electron chi connectivity index (χ2n) is 6.57. The highest BCUT2D eigenvalue weighted by atomic mass is 32.2. The zero-order valence-electron chi connectivity index (χ0n) is 16.3. The molecule has 2 aromatic heterocycles. The van der Waals surface area contributed by atoms with Crippen LogP contribution in [-0.2, 0) is 11.3 Å². The third kappa shape index (κ3) is 4.33. The number of benzene rings is 1. The van der Waals surface area contributed by atoms with Gasteiger partial charge in [-0.05, 0) is 39.0 Å². The van der Waals surface area contributed by atoms with Gasteiger partial charge in [-0.3, -0.25) is 4.79 Å². The fourth-order valence-corrected chi connectivity index (χ4v) is 3.58. The van der Waals surface area contributed by atoms with Crippen LogP contribution in [0.25, 0.3) is 11.4 Å². The van der Waals surface area contributed by atoms with Crippen LogP contribution >= 0.6 is 11.8 Å². The zero-order chi connectivity index (χ0) is 20.1. The molecule has 0 saturated heterocycles. The lowest BCUT2D eigenvalue weighted by Gasteiger charge is -2.22. The van der Waals surface area contributed by atoms with Gasteiger partial charge in [0.05, 0.1) is 11.9 Å². The van der Waals surface area contributed by atoms with Crippen molar-refractivity contribution in [3.8, 4) is 17.3 Å². The molecule has 1 N–H and O–H groups in total. The number of aromatic nitrogens is 4. The Morgan fingerprint density at radius 3 is 2.54 bits per heavy atom. The number of amides is 1. The van der Waals surface area contributed by atoms with E-state index in [0.29, 0.717) is 23.4 Å². The molecule has 0 radical (unpaired) electrons. The second-order valence-corrected chi connectivity index (χ2v) is 8.16. The van der Waals surface area contributed by atoms with Crippen LogP contribution in [0, 0.1) is 0 Å². The second kappa shape index (κ2) is 8.43. The van der Waals surface area contributed by atoms with Crippen LogP contribution in [-0.4, -0.2) is 37.5 Å². The number of pyridine rings is 1. The molecule has 28 heavy (non-hydrogen) atoms. The lowest BCUT2D eigenvalue weighted by molar-refractivity contribution is -0.117. The molecule has 8 heteroatoms. The lowest BCUT2D eigenvalue weighted by atomic mass is 10.2. The van der Waals surface area contributed by atoms with Crippen molar-refractivity contribution in [2.75, 3.05) is 12.4 Å². The van der Waals surface area contributed by atoms with E-state index in [2.05, 4.69) is 20.5 Å². The van der Waals surface area contributed by atoms with Gasteiger partial charge in [0.1, 0.15) is 0 Å². The topological polar surface area (TPSA) is 81.9 Å². The largest absolute Gasteiger partial charge is 0.481 e. The maximum absolute atomic E-state index is 12.8. The number of thioether (sulfide) groups is 1. The highest BCUT2D eigenvalue weighted by Crippen LogP contribution is 2.34. The summed E-state index contributed by atoms with van der Waals surface area (Å²) in [6.07, 6.45) is 1.71. The van der Waals surface area contributed by atoms with E-state index in [9.17, 15) is 4.79 Å². The van der Waals surface area contributed by atoms with E-state index >= 15 is 0 Å². The Morgan fingerprint density at radius 2 is 1.93 bits per heavy atom. The summed E-state index contributed by atoms with van der Waals surface area (Å²) in [7, 11) is 1.58. The molecule has 1 amide bonds. The van der Waals surface area contributed by atoms with Crippen molar-refractivity contribution < 1.29 is 9.53 Å². The van der Waals surface area contributed by atoms with Crippen LogP contribution in [0.15, 0.2) is 53.8 Å². The number of rotatable bonds is 7. The molecule has 0 aliphatic rings. The van der Waals surface area contributed by atoms with Crippen molar-refractivity contribution in [3.05, 3.63) is 48.7 Å². The molecule has 1 aromatic carbocycles. The van der Waals surface area contributed by atoms with Gasteiger partial charge in [0.2, 0.25) is 11.8 Å². The highest BCUT2D eigenvalue weighted by molar-refractivity contribution is 8.01. The quantitative estimate of drug-likeness (QED) is 0.609. The minimum absolute atomic E-state index is 0.0954. The van der Waals surface area contributed by atoms with Gasteiger partial charge in [-0.1, -0.05) is 30.0 Å². The summed E-state index contributed by atoms with van der Waals surface area (Å²) >= 11 is 1.38. The first-order chi connectivity index (χ1) is 13.4. The maximum Gasteiger partial charge on any atom is 0.240 e. The average Bonchev–Trinajstić information content (AvgIpc) is 3.10. The maximum atomic E-state index is 12.8. The van der Waals surface area contributed by atoms with Crippen LogP contribution in [0.3, 0.4) is 0 Å². The molecule has 0 atom stereocenters. The van der Waals surface area contributed by atoms with Crippen LogP contribution in [0.5, 0.6) is 5.88 Å². The van der Waals surface area contributed by atoms with E-state index in [1.807, 2.05) is 61.7 Å². The smallest absolute Gasteiger partial charge is 0.240 e. The number of nitrogens with zero attached hydrogens (tertiary/aromatic N) is 4. The number of hydrogen-bond donors (Lipinski definition) is 1. The van der Waals surface area contributed by atoms with E-state index in [1.165, 1.54) is 11.8 Å². The Morgan fingerprint density at radius 1 is 1.18 bits per heavy atom.